The second-order valence-corrected chi connectivity index (χ2v) is 6.25. The van der Waals surface area contributed by atoms with Gasteiger partial charge in [-0.2, -0.15) is 0 Å². The molecule has 0 saturated heterocycles. The molecule has 3 aromatic rings. The molecule has 26 heavy (non-hydrogen) atoms. The molecule has 0 bridgehead atoms. The zero-order chi connectivity index (χ0) is 18.2. The normalized spacial score (nSPS) is 10.5. The molecule has 2 N–H and O–H groups in total. The Morgan fingerprint density at radius 2 is 2.08 bits per heavy atom. The Labute approximate surface area is 153 Å². The minimum absolute atomic E-state index is 0.132. The van der Waals surface area contributed by atoms with Gasteiger partial charge in [-0.1, -0.05) is 30.0 Å². The summed E-state index contributed by atoms with van der Waals surface area (Å²) in [6.45, 7) is 0.494. The number of hydrogen-bond acceptors (Lipinski definition) is 6. The molecule has 2 heterocycles. The second-order valence-electron chi connectivity index (χ2n) is 5.29. The molecule has 8 heteroatoms. The number of nitrogens with one attached hydrogen (secondary N) is 2. The van der Waals surface area contributed by atoms with Crippen molar-refractivity contribution in [1.29, 1.82) is 0 Å². The molecule has 7 nitrogen and oxygen atoms in total. The Kier molecular flexibility index (Phi) is 6.10. The zero-order valence-electron chi connectivity index (χ0n) is 13.8. The monoisotopic (exact) mass is 371 g/mol. The molecule has 0 unspecified atom stereocenters. The summed E-state index contributed by atoms with van der Waals surface area (Å²) in [5.41, 5.74) is 0.209. The molecule has 0 aliphatic carbocycles. The molecule has 0 aliphatic rings. The molecule has 134 valence electrons. The predicted octanol–water partition coefficient (Wildman–Crippen LogP) is 2.35. The van der Waals surface area contributed by atoms with Crippen LogP contribution in [0.2, 0.25) is 0 Å². The van der Waals surface area contributed by atoms with Crippen molar-refractivity contribution in [3.05, 3.63) is 76.6 Å². The lowest BCUT2D eigenvalue weighted by Crippen LogP contribution is -2.24. The lowest BCUT2D eigenvalue weighted by atomic mass is 10.3. The first-order chi connectivity index (χ1) is 12.7. The van der Waals surface area contributed by atoms with Crippen LogP contribution in [-0.4, -0.2) is 21.6 Å². The SMILES string of the molecule is O=C(CSc1nc(COc2ccccc2)cc(=O)[nH]1)NCc1ccco1. The van der Waals surface area contributed by atoms with Crippen molar-refractivity contribution in [3.63, 3.8) is 0 Å². The van der Waals surface area contributed by atoms with E-state index in [0.29, 0.717) is 28.9 Å². The van der Waals surface area contributed by atoms with E-state index < -0.39 is 0 Å². The predicted molar refractivity (Wildman–Crippen MR) is 96.9 cm³/mol. The van der Waals surface area contributed by atoms with E-state index in [9.17, 15) is 9.59 Å². The first-order valence-corrected chi connectivity index (χ1v) is 8.87. The first kappa shape index (κ1) is 17.8. The van der Waals surface area contributed by atoms with E-state index in [1.54, 1.807) is 18.4 Å². The van der Waals surface area contributed by atoms with E-state index in [0.717, 1.165) is 11.8 Å². The number of H-pyrrole nitrogens is 1. The maximum atomic E-state index is 11.9. The molecule has 3 rings (SSSR count). The van der Waals surface area contributed by atoms with Crippen LogP contribution in [0, 0.1) is 0 Å². The third kappa shape index (κ3) is 5.52. The summed E-state index contributed by atoms with van der Waals surface area (Å²) in [6, 6.07) is 14.2. The minimum atomic E-state index is -0.287. The summed E-state index contributed by atoms with van der Waals surface area (Å²) >= 11 is 1.15. The van der Waals surface area contributed by atoms with Crippen molar-refractivity contribution in [3.8, 4) is 5.75 Å². The summed E-state index contributed by atoms with van der Waals surface area (Å²) in [4.78, 5) is 30.6. The van der Waals surface area contributed by atoms with E-state index in [2.05, 4.69) is 15.3 Å². The van der Waals surface area contributed by atoms with Crippen molar-refractivity contribution < 1.29 is 13.9 Å². The van der Waals surface area contributed by atoms with E-state index in [1.165, 1.54) is 6.07 Å². The average molecular weight is 371 g/mol. The second kappa shape index (κ2) is 8.91. The third-order valence-electron chi connectivity index (χ3n) is 3.28. The highest BCUT2D eigenvalue weighted by Crippen LogP contribution is 2.13. The van der Waals surface area contributed by atoms with Gasteiger partial charge in [-0.15, -0.1) is 0 Å². The maximum Gasteiger partial charge on any atom is 0.251 e. The topological polar surface area (TPSA) is 97.2 Å². The van der Waals surface area contributed by atoms with Crippen LogP contribution in [0.1, 0.15) is 11.5 Å². The van der Waals surface area contributed by atoms with Gasteiger partial charge in [0.1, 0.15) is 18.1 Å². The Morgan fingerprint density at radius 3 is 2.85 bits per heavy atom. The molecule has 0 fully saturated rings. The Morgan fingerprint density at radius 1 is 1.23 bits per heavy atom. The molecule has 0 radical (unpaired) electrons. The van der Waals surface area contributed by atoms with Gasteiger partial charge in [-0.3, -0.25) is 9.59 Å². The number of aromatic nitrogens is 2. The Hall–Kier alpha value is -3.00. The fourth-order valence-corrected chi connectivity index (χ4v) is 2.81. The van der Waals surface area contributed by atoms with Crippen LogP contribution in [0.4, 0.5) is 0 Å². The van der Waals surface area contributed by atoms with Crippen molar-refractivity contribution in [1.82, 2.24) is 15.3 Å². The van der Waals surface area contributed by atoms with E-state index >= 15 is 0 Å². The quantitative estimate of drug-likeness (QED) is 0.466. The lowest BCUT2D eigenvalue weighted by molar-refractivity contribution is -0.118. The minimum Gasteiger partial charge on any atom is -0.487 e. The number of ether oxygens (including phenoxy) is 1. The number of rotatable bonds is 8. The van der Waals surface area contributed by atoms with Gasteiger partial charge < -0.3 is 19.5 Å². The lowest BCUT2D eigenvalue weighted by Gasteiger charge is -2.07. The highest BCUT2D eigenvalue weighted by atomic mass is 32.2. The van der Waals surface area contributed by atoms with Crippen LogP contribution in [0.15, 0.2) is 69.2 Å². The summed E-state index contributed by atoms with van der Waals surface area (Å²) in [5.74, 6) is 1.32. The first-order valence-electron chi connectivity index (χ1n) is 7.89. The fraction of sp³-hybridized carbons (Fsp3) is 0.167. The van der Waals surface area contributed by atoms with Crippen LogP contribution in [0.25, 0.3) is 0 Å². The summed E-state index contributed by atoms with van der Waals surface area (Å²) in [5, 5.41) is 3.11. The number of para-hydroxylation sites is 1. The maximum absolute atomic E-state index is 11.9. The molecule has 1 amide bonds. The van der Waals surface area contributed by atoms with Gasteiger partial charge in [0.25, 0.3) is 5.56 Å². The van der Waals surface area contributed by atoms with Crippen molar-refractivity contribution >= 4 is 17.7 Å². The van der Waals surface area contributed by atoms with Gasteiger partial charge in [0.15, 0.2) is 5.16 Å². The van der Waals surface area contributed by atoms with Gasteiger partial charge in [0.2, 0.25) is 5.91 Å². The van der Waals surface area contributed by atoms with Crippen molar-refractivity contribution in [2.45, 2.75) is 18.3 Å². The van der Waals surface area contributed by atoms with Crippen molar-refractivity contribution in [2.75, 3.05) is 5.75 Å². The summed E-state index contributed by atoms with van der Waals surface area (Å²) in [7, 11) is 0. The van der Waals surface area contributed by atoms with E-state index in [4.69, 9.17) is 9.15 Å². The van der Waals surface area contributed by atoms with Gasteiger partial charge in [0, 0.05) is 6.07 Å². The number of aromatic amines is 1. The van der Waals surface area contributed by atoms with Crippen LogP contribution in [0.3, 0.4) is 0 Å². The molecular formula is C18H17N3O4S. The number of furan rings is 1. The van der Waals surface area contributed by atoms with Crippen LogP contribution in [0.5, 0.6) is 5.75 Å². The summed E-state index contributed by atoms with van der Waals surface area (Å²) in [6.07, 6.45) is 1.55. The molecule has 0 saturated carbocycles. The number of carbonyl (C=O) groups excluding carboxylic acids is 1. The van der Waals surface area contributed by atoms with Crippen LogP contribution in [-0.2, 0) is 17.9 Å². The highest BCUT2D eigenvalue weighted by Gasteiger charge is 2.08. The molecule has 2 aromatic heterocycles. The van der Waals surface area contributed by atoms with Crippen LogP contribution < -0.4 is 15.6 Å². The molecule has 0 atom stereocenters. The number of carbonyl (C=O) groups is 1. The Balaban J connectivity index is 1.52. The molecular weight excluding hydrogens is 354 g/mol. The largest absolute Gasteiger partial charge is 0.487 e. The van der Waals surface area contributed by atoms with Gasteiger partial charge in [0.05, 0.1) is 24.3 Å². The zero-order valence-corrected chi connectivity index (χ0v) is 14.6. The average Bonchev–Trinajstić information content (AvgIpc) is 3.17. The van der Waals surface area contributed by atoms with Gasteiger partial charge in [-0.05, 0) is 24.3 Å². The van der Waals surface area contributed by atoms with Gasteiger partial charge >= 0.3 is 0 Å². The number of benzene rings is 1. The molecule has 0 spiro atoms. The van der Waals surface area contributed by atoms with Crippen molar-refractivity contribution in [2.24, 2.45) is 0 Å². The Bertz CT molecular complexity index is 894. The van der Waals surface area contributed by atoms with Crippen LogP contribution >= 0.6 is 11.8 Å². The molecule has 1 aromatic carbocycles. The number of hydrogen-bond donors (Lipinski definition) is 2. The number of nitrogens with zero attached hydrogens (tertiary/aromatic N) is 1. The fourth-order valence-electron chi connectivity index (χ4n) is 2.08. The highest BCUT2D eigenvalue weighted by molar-refractivity contribution is 7.99. The standard InChI is InChI=1S/C18H17N3O4S/c22-16-9-13(11-25-14-5-2-1-3-6-14)20-18(21-16)26-12-17(23)19-10-15-7-4-8-24-15/h1-9H,10-12H2,(H,19,23)(H,20,21,22). The smallest absolute Gasteiger partial charge is 0.251 e. The third-order valence-corrected chi connectivity index (χ3v) is 4.16. The number of thioether (sulfide) groups is 1. The van der Waals surface area contributed by atoms with E-state index in [1.807, 2.05) is 30.3 Å². The molecule has 0 aliphatic heterocycles. The number of amides is 1. The summed E-state index contributed by atoms with van der Waals surface area (Å²) < 4.78 is 10.7. The van der Waals surface area contributed by atoms with E-state index in [-0.39, 0.29) is 23.8 Å². The van der Waals surface area contributed by atoms with Gasteiger partial charge in [-0.25, -0.2) is 4.98 Å².